The zero-order valence-electron chi connectivity index (χ0n) is 26.6. The van der Waals surface area contributed by atoms with Gasteiger partial charge in [0.2, 0.25) is 11.6 Å². The molecule has 0 saturated heterocycles. The first-order valence-electron chi connectivity index (χ1n) is 14.0. The molecule has 41 heavy (non-hydrogen) atoms. The summed E-state index contributed by atoms with van der Waals surface area (Å²) in [5.74, 6) is 0.215. The summed E-state index contributed by atoms with van der Waals surface area (Å²) >= 11 is 0. The zero-order chi connectivity index (χ0) is 31.4. The van der Waals surface area contributed by atoms with Gasteiger partial charge in [-0.1, -0.05) is 85.7 Å². The SMILES string of the molecule is CC.CC(OC(=O)N(C)CCN(C)C(=O)OC[C@@H](CC(C)(C)C)C(=O)C(C)(C)C)c1nnc(-c2ccccc2)nn1. The topological polar surface area (TPSA) is 128 Å². The average molecular weight is 573 g/mol. The molecule has 2 atom stereocenters. The molecule has 11 nitrogen and oxygen atoms in total. The van der Waals surface area contributed by atoms with E-state index in [1.807, 2.05) is 65.0 Å². The van der Waals surface area contributed by atoms with Gasteiger partial charge in [0.1, 0.15) is 12.4 Å². The molecule has 2 rings (SSSR count). The van der Waals surface area contributed by atoms with Crippen molar-refractivity contribution in [2.45, 2.75) is 74.8 Å². The molecule has 0 aliphatic rings. The lowest BCUT2D eigenvalue weighted by molar-refractivity contribution is -0.132. The molecule has 0 fully saturated rings. The van der Waals surface area contributed by atoms with Gasteiger partial charge >= 0.3 is 12.2 Å². The maximum Gasteiger partial charge on any atom is 0.410 e. The normalized spacial score (nSPS) is 12.8. The van der Waals surface area contributed by atoms with Crippen molar-refractivity contribution >= 4 is 18.0 Å². The van der Waals surface area contributed by atoms with Gasteiger partial charge in [-0.2, -0.15) is 0 Å². The van der Waals surface area contributed by atoms with Crippen molar-refractivity contribution in [3.05, 3.63) is 36.2 Å². The minimum Gasteiger partial charge on any atom is -0.449 e. The first-order valence-corrected chi connectivity index (χ1v) is 14.0. The number of hydrogen-bond donors (Lipinski definition) is 0. The molecule has 228 valence electrons. The first-order chi connectivity index (χ1) is 19.1. The third kappa shape index (κ3) is 12.2. The highest BCUT2D eigenvalue weighted by Crippen LogP contribution is 2.30. The number of carbonyl (C=O) groups is 3. The molecule has 0 N–H and O–H groups in total. The van der Waals surface area contributed by atoms with E-state index in [9.17, 15) is 14.4 Å². The number of benzene rings is 1. The Kier molecular flexibility index (Phi) is 13.8. The Bertz CT molecular complexity index is 1100. The molecule has 1 heterocycles. The number of ketones is 1. The van der Waals surface area contributed by atoms with Crippen LogP contribution in [-0.2, 0) is 14.3 Å². The van der Waals surface area contributed by atoms with E-state index in [0.29, 0.717) is 12.2 Å². The fraction of sp³-hybridized carbons (Fsp3) is 0.633. The highest BCUT2D eigenvalue weighted by Gasteiger charge is 2.33. The number of aromatic nitrogens is 4. The number of nitrogens with zero attached hydrogens (tertiary/aromatic N) is 6. The molecule has 1 aromatic heterocycles. The largest absolute Gasteiger partial charge is 0.449 e. The summed E-state index contributed by atoms with van der Waals surface area (Å²) in [5, 5.41) is 16.2. The summed E-state index contributed by atoms with van der Waals surface area (Å²) in [6, 6.07) is 9.30. The standard InChI is InChI=1S/C28H42N6O5.C2H6/c1-19(23-29-31-24(32-30-23)20-13-11-10-12-14-20)39-26(37)34(9)16-15-33(8)25(36)38-18-21(17-27(2,3)4)22(35)28(5,6)7;1-2/h10-14,19,21H,15-18H2,1-9H3;1-2H3/t19?,21-;/m1./s1. The van der Waals surface area contributed by atoms with Crippen LogP contribution in [0, 0.1) is 16.7 Å². The number of rotatable bonds is 10. The molecule has 2 aromatic rings. The Morgan fingerprint density at radius 1 is 0.829 bits per heavy atom. The Morgan fingerprint density at radius 2 is 1.34 bits per heavy atom. The summed E-state index contributed by atoms with van der Waals surface area (Å²) in [7, 11) is 3.14. The number of hydrogen-bond acceptors (Lipinski definition) is 9. The molecule has 2 amide bonds. The van der Waals surface area contributed by atoms with Crippen LogP contribution in [0.1, 0.15) is 80.7 Å². The fourth-order valence-electron chi connectivity index (χ4n) is 3.74. The van der Waals surface area contributed by atoms with Crippen molar-refractivity contribution in [3.8, 4) is 11.4 Å². The quantitative estimate of drug-likeness (QED) is 0.346. The lowest BCUT2D eigenvalue weighted by Crippen LogP contribution is -2.39. The third-order valence-corrected chi connectivity index (χ3v) is 5.94. The number of amides is 2. The molecule has 0 saturated carbocycles. The summed E-state index contributed by atoms with van der Waals surface area (Å²) in [6.45, 7) is 17.8. The predicted octanol–water partition coefficient (Wildman–Crippen LogP) is 5.83. The van der Waals surface area contributed by atoms with Crippen molar-refractivity contribution < 1.29 is 23.9 Å². The van der Waals surface area contributed by atoms with Crippen molar-refractivity contribution in [1.82, 2.24) is 30.2 Å². The molecule has 0 aliphatic heterocycles. The molecule has 1 aromatic carbocycles. The van der Waals surface area contributed by atoms with Gasteiger partial charge in [-0.05, 0) is 18.8 Å². The Balaban J connectivity index is 0.00000411. The lowest BCUT2D eigenvalue weighted by atomic mass is 9.76. The Hall–Kier alpha value is -3.63. The smallest absolute Gasteiger partial charge is 0.410 e. The van der Waals surface area contributed by atoms with Crippen LogP contribution in [0.3, 0.4) is 0 Å². The van der Waals surface area contributed by atoms with Crippen molar-refractivity contribution in [3.63, 3.8) is 0 Å². The van der Waals surface area contributed by atoms with Crippen LogP contribution in [0.4, 0.5) is 9.59 Å². The van der Waals surface area contributed by atoms with Gasteiger partial charge in [0.05, 0.1) is 5.92 Å². The van der Waals surface area contributed by atoms with Gasteiger partial charge in [-0.3, -0.25) is 4.79 Å². The second-order valence-electron chi connectivity index (χ2n) is 12.0. The van der Waals surface area contributed by atoms with Crippen LogP contribution in [0.5, 0.6) is 0 Å². The summed E-state index contributed by atoms with van der Waals surface area (Å²) in [5.41, 5.74) is 0.155. The van der Waals surface area contributed by atoms with Crippen LogP contribution in [0.2, 0.25) is 0 Å². The van der Waals surface area contributed by atoms with Gasteiger partial charge in [0.25, 0.3) is 0 Å². The molecule has 11 heteroatoms. The molecule has 0 radical (unpaired) electrons. The van der Waals surface area contributed by atoms with Gasteiger partial charge in [-0.15, -0.1) is 20.4 Å². The second kappa shape index (κ2) is 16.0. The third-order valence-electron chi connectivity index (χ3n) is 5.94. The average Bonchev–Trinajstić information content (AvgIpc) is 2.93. The number of carbonyl (C=O) groups excluding carboxylic acids is 3. The van der Waals surface area contributed by atoms with E-state index in [-0.39, 0.29) is 36.7 Å². The van der Waals surface area contributed by atoms with Crippen LogP contribution >= 0.6 is 0 Å². The first kappa shape index (κ1) is 35.4. The van der Waals surface area contributed by atoms with Crippen LogP contribution in [-0.4, -0.2) is 82.0 Å². The Morgan fingerprint density at radius 3 is 1.83 bits per heavy atom. The predicted molar refractivity (Wildman–Crippen MR) is 158 cm³/mol. The van der Waals surface area contributed by atoms with E-state index in [2.05, 4.69) is 41.2 Å². The van der Waals surface area contributed by atoms with Crippen LogP contribution in [0.25, 0.3) is 11.4 Å². The highest BCUT2D eigenvalue weighted by molar-refractivity contribution is 5.86. The van der Waals surface area contributed by atoms with Crippen molar-refractivity contribution in [2.24, 2.45) is 16.7 Å². The summed E-state index contributed by atoms with van der Waals surface area (Å²) in [6.07, 6.45) is -1.33. The van der Waals surface area contributed by atoms with Crippen molar-refractivity contribution in [1.29, 1.82) is 0 Å². The molecular formula is C30H48N6O5. The van der Waals surface area contributed by atoms with Gasteiger partial charge < -0.3 is 19.3 Å². The number of likely N-dealkylation sites (N-methyl/N-ethyl adjacent to an activating group) is 2. The van der Waals surface area contributed by atoms with E-state index in [1.54, 1.807) is 21.0 Å². The fourth-order valence-corrected chi connectivity index (χ4v) is 3.74. The molecular weight excluding hydrogens is 524 g/mol. The monoisotopic (exact) mass is 572 g/mol. The van der Waals surface area contributed by atoms with Crippen LogP contribution < -0.4 is 0 Å². The Labute approximate surface area is 245 Å². The van der Waals surface area contributed by atoms with E-state index in [0.717, 1.165) is 5.56 Å². The molecule has 0 spiro atoms. The zero-order valence-corrected chi connectivity index (χ0v) is 26.6. The van der Waals surface area contributed by atoms with Crippen LogP contribution in [0.15, 0.2) is 30.3 Å². The minimum atomic E-state index is -0.771. The maximum absolute atomic E-state index is 12.9. The summed E-state index contributed by atoms with van der Waals surface area (Å²) < 4.78 is 10.9. The van der Waals surface area contributed by atoms with Gasteiger partial charge in [0.15, 0.2) is 6.10 Å². The van der Waals surface area contributed by atoms with E-state index in [1.165, 1.54) is 9.80 Å². The number of ether oxygens (including phenoxy) is 2. The van der Waals surface area contributed by atoms with Gasteiger partial charge in [-0.25, -0.2) is 9.59 Å². The van der Waals surface area contributed by atoms with Gasteiger partial charge in [0, 0.05) is 38.2 Å². The molecule has 1 unspecified atom stereocenters. The molecule has 0 bridgehead atoms. The van der Waals surface area contributed by atoms with E-state index in [4.69, 9.17) is 9.47 Å². The minimum absolute atomic E-state index is 0.0110. The summed E-state index contributed by atoms with van der Waals surface area (Å²) in [4.78, 5) is 40.7. The maximum atomic E-state index is 12.9. The number of Topliss-reactive ketones (excluding diaryl/α,β-unsaturated/α-hetero) is 1. The highest BCUT2D eigenvalue weighted by atomic mass is 16.6. The van der Waals surface area contributed by atoms with Crippen molar-refractivity contribution in [2.75, 3.05) is 33.8 Å². The molecule has 0 aliphatic carbocycles. The van der Waals surface area contributed by atoms with E-state index < -0.39 is 29.6 Å². The lowest BCUT2D eigenvalue weighted by Gasteiger charge is -2.30. The second-order valence-corrected chi connectivity index (χ2v) is 12.0. The van der Waals surface area contributed by atoms with E-state index >= 15 is 0 Å².